The largest absolute Gasteiger partial charge is 0.388 e. The molecule has 0 spiro atoms. The highest BCUT2D eigenvalue weighted by Crippen LogP contribution is 2.01. The summed E-state index contributed by atoms with van der Waals surface area (Å²) in [4.78, 5) is 4.87. The van der Waals surface area contributed by atoms with Crippen LogP contribution >= 0.6 is 0 Å². The molecule has 0 bridgehead atoms. The summed E-state index contributed by atoms with van der Waals surface area (Å²) in [7, 11) is -4.46. The first-order chi connectivity index (χ1) is 6.91. The summed E-state index contributed by atoms with van der Waals surface area (Å²) in [5, 5.41) is 9.13. The van der Waals surface area contributed by atoms with Crippen LogP contribution in [-0.4, -0.2) is 29.6 Å². The maximum atomic E-state index is 10.8. The fraction of sp³-hybridized carbons (Fsp3) is 0.375. The predicted molar refractivity (Wildman–Crippen MR) is 50.2 cm³/mol. The van der Waals surface area contributed by atoms with Gasteiger partial charge in [0.2, 0.25) is 12.4 Å². The molecule has 2 atom stereocenters. The number of hydrogen-bond acceptors (Lipinski definition) is 4. The molecule has 1 heterocycles. The molecule has 1 aromatic heterocycles. The number of aliphatic hydroxyl groups is 1. The molecule has 1 rings (SSSR count). The van der Waals surface area contributed by atoms with Crippen molar-refractivity contribution in [2.75, 3.05) is 0 Å². The summed E-state index contributed by atoms with van der Waals surface area (Å²) in [6, 6.07) is 4.94. The molecule has 0 radical (unpaired) electrons. The topological polar surface area (TPSA) is 87.7 Å². The molecule has 1 aromatic rings. The molecular weight excluding hydrogens is 222 g/mol. The number of rotatable bonds is 4. The van der Waals surface area contributed by atoms with Crippen LogP contribution in [0.4, 0.5) is 0 Å². The zero-order chi connectivity index (χ0) is 11.5. The van der Waals surface area contributed by atoms with Gasteiger partial charge in [-0.05, 0) is 6.92 Å². The molecule has 2 unspecified atom stereocenters. The highest BCUT2D eigenvalue weighted by molar-refractivity contribution is 7.86. The van der Waals surface area contributed by atoms with Crippen molar-refractivity contribution < 1.29 is 27.6 Å². The average molecular weight is 234 g/mol. The van der Waals surface area contributed by atoms with Gasteiger partial charge in [-0.25, -0.2) is 4.84 Å². The minimum Gasteiger partial charge on any atom is -0.388 e. The lowest BCUT2D eigenvalue weighted by Gasteiger charge is -2.12. The van der Waals surface area contributed by atoms with Crippen molar-refractivity contribution in [1.82, 2.24) is 0 Å². The second kappa shape index (κ2) is 4.56. The van der Waals surface area contributed by atoms with Crippen molar-refractivity contribution in [2.45, 2.75) is 18.5 Å². The molecule has 0 amide bonds. The van der Waals surface area contributed by atoms with Crippen LogP contribution in [-0.2, 0) is 10.1 Å². The SMILES string of the molecule is CC(O)C(O[n+]1ccccc1)S(=O)(=O)O. The maximum Gasteiger partial charge on any atom is 0.318 e. The van der Waals surface area contributed by atoms with Gasteiger partial charge in [0.05, 0.1) is 0 Å². The van der Waals surface area contributed by atoms with E-state index in [-0.39, 0.29) is 0 Å². The Morgan fingerprint density at radius 2 is 1.80 bits per heavy atom. The zero-order valence-corrected chi connectivity index (χ0v) is 8.83. The van der Waals surface area contributed by atoms with Gasteiger partial charge in [-0.2, -0.15) is 8.42 Å². The van der Waals surface area contributed by atoms with E-state index in [1.54, 1.807) is 18.2 Å². The molecule has 6 nitrogen and oxygen atoms in total. The van der Waals surface area contributed by atoms with Crippen molar-refractivity contribution in [3.63, 3.8) is 0 Å². The van der Waals surface area contributed by atoms with E-state index < -0.39 is 21.7 Å². The molecule has 0 aliphatic heterocycles. The van der Waals surface area contributed by atoms with Crippen LogP contribution in [0.15, 0.2) is 30.6 Å². The van der Waals surface area contributed by atoms with Gasteiger partial charge in [0.15, 0.2) is 0 Å². The fourth-order valence-electron chi connectivity index (χ4n) is 0.964. The molecule has 0 aliphatic rings. The second-order valence-corrected chi connectivity index (χ2v) is 4.46. The lowest BCUT2D eigenvalue weighted by Crippen LogP contribution is -2.53. The molecule has 7 heteroatoms. The maximum absolute atomic E-state index is 10.8. The zero-order valence-electron chi connectivity index (χ0n) is 8.02. The third-order valence-electron chi connectivity index (χ3n) is 1.60. The number of nitrogens with zero attached hydrogens (tertiary/aromatic N) is 1. The molecule has 15 heavy (non-hydrogen) atoms. The van der Waals surface area contributed by atoms with E-state index in [0.29, 0.717) is 0 Å². The summed E-state index contributed by atoms with van der Waals surface area (Å²) < 4.78 is 31.5. The Morgan fingerprint density at radius 3 is 2.20 bits per heavy atom. The molecule has 0 saturated carbocycles. The minimum atomic E-state index is -4.46. The Labute approximate surface area is 87.4 Å². The first-order valence-electron chi connectivity index (χ1n) is 4.19. The van der Waals surface area contributed by atoms with Crippen molar-refractivity contribution in [3.8, 4) is 0 Å². The van der Waals surface area contributed by atoms with Crippen LogP contribution in [0.1, 0.15) is 6.92 Å². The lowest BCUT2D eigenvalue weighted by molar-refractivity contribution is -0.895. The molecule has 0 aliphatic carbocycles. The van der Waals surface area contributed by atoms with Crippen LogP contribution in [0, 0.1) is 0 Å². The highest BCUT2D eigenvalue weighted by Gasteiger charge is 2.34. The average Bonchev–Trinajstić information content (AvgIpc) is 2.13. The Kier molecular flexibility index (Phi) is 3.61. The van der Waals surface area contributed by atoms with Crippen LogP contribution in [0.2, 0.25) is 0 Å². The van der Waals surface area contributed by atoms with Crippen LogP contribution in [0.25, 0.3) is 0 Å². The first kappa shape index (κ1) is 11.9. The fourth-order valence-corrected chi connectivity index (χ4v) is 1.67. The highest BCUT2D eigenvalue weighted by atomic mass is 32.2. The van der Waals surface area contributed by atoms with Gasteiger partial charge in [0.1, 0.15) is 6.10 Å². The van der Waals surface area contributed by atoms with Gasteiger partial charge in [-0.1, -0.05) is 6.07 Å². The Balaban J connectivity index is 2.87. The third kappa shape index (κ3) is 3.46. The summed E-state index contributed by atoms with van der Waals surface area (Å²) in [5.41, 5.74) is -1.70. The van der Waals surface area contributed by atoms with E-state index in [4.69, 9.17) is 14.5 Å². The van der Waals surface area contributed by atoms with E-state index >= 15 is 0 Å². The Hall–Kier alpha value is -1.18. The predicted octanol–water partition coefficient (Wildman–Crippen LogP) is -1.00. The summed E-state index contributed by atoms with van der Waals surface area (Å²) in [5.74, 6) is 0. The second-order valence-electron chi connectivity index (χ2n) is 2.96. The molecule has 2 N–H and O–H groups in total. The number of pyridine rings is 1. The minimum absolute atomic E-state index is 1.09. The van der Waals surface area contributed by atoms with Crippen molar-refractivity contribution in [3.05, 3.63) is 30.6 Å². The molecular formula is C8H12NO5S+. The van der Waals surface area contributed by atoms with E-state index in [1.807, 2.05) is 0 Å². The smallest absolute Gasteiger partial charge is 0.318 e. The Bertz CT molecular complexity index is 402. The van der Waals surface area contributed by atoms with Crippen molar-refractivity contribution in [2.24, 2.45) is 0 Å². The quantitative estimate of drug-likeness (QED) is 0.515. The van der Waals surface area contributed by atoms with Gasteiger partial charge in [0, 0.05) is 16.9 Å². The standard InChI is InChI=1S/C8H11NO5S/c1-7(10)8(15(11,12)13)14-9-5-3-2-4-6-9/h2-8,10H,1H3/p+1. The van der Waals surface area contributed by atoms with E-state index in [1.165, 1.54) is 19.3 Å². The summed E-state index contributed by atoms with van der Waals surface area (Å²) in [6.07, 6.45) is 1.55. The van der Waals surface area contributed by atoms with Gasteiger partial charge in [-0.3, -0.25) is 4.55 Å². The van der Waals surface area contributed by atoms with E-state index in [2.05, 4.69) is 0 Å². The Morgan fingerprint density at radius 1 is 1.27 bits per heavy atom. The van der Waals surface area contributed by atoms with Gasteiger partial charge in [0.25, 0.3) is 0 Å². The van der Waals surface area contributed by atoms with Crippen LogP contribution < -0.4 is 9.57 Å². The van der Waals surface area contributed by atoms with E-state index in [9.17, 15) is 8.42 Å². The lowest BCUT2D eigenvalue weighted by atomic mass is 10.4. The molecule has 0 aromatic carbocycles. The van der Waals surface area contributed by atoms with Crippen molar-refractivity contribution in [1.29, 1.82) is 0 Å². The van der Waals surface area contributed by atoms with E-state index in [0.717, 1.165) is 4.73 Å². The van der Waals surface area contributed by atoms with Gasteiger partial charge >= 0.3 is 15.6 Å². The number of aliphatic hydroxyl groups excluding tert-OH is 1. The summed E-state index contributed by atoms with van der Waals surface area (Å²) in [6.45, 7) is 1.21. The van der Waals surface area contributed by atoms with Crippen molar-refractivity contribution >= 4 is 10.1 Å². The molecule has 0 saturated heterocycles. The third-order valence-corrected chi connectivity index (χ3v) is 2.67. The number of hydrogen-bond donors (Lipinski definition) is 2. The normalized spacial score (nSPS) is 15.7. The van der Waals surface area contributed by atoms with Crippen LogP contribution in [0.5, 0.6) is 0 Å². The van der Waals surface area contributed by atoms with Gasteiger partial charge < -0.3 is 5.11 Å². The first-order valence-corrected chi connectivity index (χ1v) is 5.69. The monoisotopic (exact) mass is 234 g/mol. The number of aromatic nitrogens is 1. The molecule has 84 valence electrons. The van der Waals surface area contributed by atoms with Crippen LogP contribution in [0.3, 0.4) is 0 Å². The molecule has 0 fully saturated rings. The van der Waals surface area contributed by atoms with Gasteiger partial charge in [-0.15, -0.1) is 0 Å². The summed E-state index contributed by atoms with van der Waals surface area (Å²) >= 11 is 0.